The van der Waals surface area contributed by atoms with Gasteiger partial charge in [0.05, 0.1) is 16.1 Å². The molecule has 3 rings (SSSR count). The molecular formula is C14H8ClNO4S. The number of hydrogen-bond donors (Lipinski definition) is 1. The molecule has 1 N–H and O–H groups in total. The second-order valence-electron chi connectivity index (χ2n) is 4.35. The molecule has 0 aromatic heterocycles. The molecular weight excluding hydrogens is 314 g/mol. The lowest BCUT2D eigenvalue weighted by Gasteiger charge is -2.07. The van der Waals surface area contributed by atoms with Crippen LogP contribution in [-0.2, 0) is 11.3 Å². The third kappa shape index (κ3) is 2.08. The second-order valence-corrected chi connectivity index (χ2v) is 5.56. The largest absolute Gasteiger partial charge is 0.289 e. The Labute approximate surface area is 127 Å². The molecule has 0 bridgehead atoms. The number of imide groups is 1. The van der Waals surface area contributed by atoms with Crippen molar-refractivity contribution in [3.05, 3.63) is 58.6 Å². The zero-order chi connectivity index (χ0) is 15.1. The van der Waals surface area contributed by atoms with Crippen LogP contribution in [0.3, 0.4) is 0 Å². The number of rotatable bonds is 2. The molecule has 2 amide bonds. The van der Waals surface area contributed by atoms with Gasteiger partial charge in [0.1, 0.15) is 0 Å². The third-order valence-electron chi connectivity index (χ3n) is 3.20. The normalized spacial score (nSPS) is 15.2. The van der Waals surface area contributed by atoms with Crippen LogP contribution in [0.2, 0.25) is 5.02 Å². The third-order valence-corrected chi connectivity index (χ3v) is 4.23. The lowest BCUT2D eigenvalue weighted by molar-refractivity contribution is 0.0764. The average Bonchev–Trinajstić information content (AvgIpc) is 2.72. The van der Waals surface area contributed by atoms with Gasteiger partial charge in [-0.15, -0.1) is 0 Å². The first-order chi connectivity index (χ1) is 10.0. The van der Waals surface area contributed by atoms with Crippen molar-refractivity contribution in [3.8, 4) is 11.1 Å². The van der Waals surface area contributed by atoms with Crippen molar-refractivity contribution in [1.82, 2.24) is 4.31 Å². The molecule has 0 saturated heterocycles. The van der Waals surface area contributed by atoms with Gasteiger partial charge in [-0.1, -0.05) is 48.0 Å². The fourth-order valence-corrected chi connectivity index (χ4v) is 3.08. The Morgan fingerprint density at radius 2 is 1.57 bits per heavy atom. The van der Waals surface area contributed by atoms with Crippen LogP contribution >= 0.6 is 11.6 Å². The lowest BCUT2D eigenvalue weighted by atomic mass is 10.00. The van der Waals surface area contributed by atoms with Gasteiger partial charge in [0.15, 0.2) is 0 Å². The van der Waals surface area contributed by atoms with Crippen molar-refractivity contribution in [2.45, 2.75) is 0 Å². The van der Waals surface area contributed by atoms with Crippen LogP contribution in [0.15, 0.2) is 42.5 Å². The summed E-state index contributed by atoms with van der Waals surface area (Å²) in [5.41, 5.74) is 1.37. The monoisotopic (exact) mass is 321 g/mol. The topological polar surface area (TPSA) is 74.7 Å². The minimum atomic E-state index is -2.71. The van der Waals surface area contributed by atoms with E-state index in [1.807, 2.05) is 30.3 Å². The molecule has 5 nitrogen and oxygen atoms in total. The van der Waals surface area contributed by atoms with Gasteiger partial charge in [0.25, 0.3) is 23.1 Å². The number of amides is 2. The maximum atomic E-state index is 12.1. The smallest absolute Gasteiger partial charge is 0.276 e. The zero-order valence-corrected chi connectivity index (χ0v) is 12.0. The number of carbonyl (C=O) groups is 2. The van der Waals surface area contributed by atoms with E-state index in [9.17, 15) is 13.8 Å². The highest BCUT2D eigenvalue weighted by atomic mass is 35.5. The summed E-state index contributed by atoms with van der Waals surface area (Å²) in [7, 11) is 0. The quantitative estimate of drug-likeness (QED) is 0.681. The van der Waals surface area contributed by atoms with Crippen molar-refractivity contribution in [2.24, 2.45) is 0 Å². The SMILES string of the molecule is O=C1c2ccc(-c3ccccc3)c(Cl)c2C(=O)N1S(=O)O. The van der Waals surface area contributed by atoms with E-state index >= 15 is 0 Å². The molecule has 0 spiro atoms. The molecule has 7 heteroatoms. The molecule has 0 fully saturated rings. The van der Waals surface area contributed by atoms with Gasteiger partial charge in [-0.25, -0.2) is 4.21 Å². The summed E-state index contributed by atoms with van der Waals surface area (Å²) in [5.74, 6) is -1.68. The van der Waals surface area contributed by atoms with Crippen LogP contribution in [0, 0.1) is 0 Å². The minimum Gasteiger partial charge on any atom is -0.289 e. The Balaban J connectivity index is 2.21. The first kappa shape index (κ1) is 13.9. The summed E-state index contributed by atoms with van der Waals surface area (Å²) in [6, 6.07) is 12.2. The minimum absolute atomic E-state index is 0.0343. The Morgan fingerprint density at radius 1 is 0.952 bits per heavy atom. The maximum absolute atomic E-state index is 12.1. The van der Waals surface area contributed by atoms with E-state index in [1.165, 1.54) is 6.07 Å². The summed E-state index contributed by atoms with van der Waals surface area (Å²) in [4.78, 5) is 24.1. The molecule has 21 heavy (non-hydrogen) atoms. The number of nitrogens with zero attached hydrogens (tertiary/aromatic N) is 1. The van der Waals surface area contributed by atoms with Crippen LogP contribution < -0.4 is 0 Å². The summed E-state index contributed by atoms with van der Waals surface area (Å²) in [5, 5.41) is 0.102. The highest BCUT2D eigenvalue weighted by Crippen LogP contribution is 2.37. The van der Waals surface area contributed by atoms with Gasteiger partial charge in [-0.05, 0) is 11.6 Å². The number of halogens is 1. The fourth-order valence-electron chi connectivity index (χ4n) is 2.25. The molecule has 0 aliphatic carbocycles. The second kappa shape index (κ2) is 5.07. The molecule has 1 atom stereocenters. The molecule has 0 radical (unpaired) electrons. The Morgan fingerprint density at radius 3 is 2.19 bits per heavy atom. The molecule has 1 aliphatic rings. The molecule has 1 unspecified atom stereocenters. The van der Waals surface area contributed by atoms with E-state index in [0.29, 0.717) is 5.56 Å². The van der Waals surface area contributed by atoms with Crippen molar-refractivity contribution in [1.29, 1.82) is 0 Å². The van der Waals surface area contributed by atoms with E-state index in [4.69, 9.17) is 16.2 Å². The number of carbonyl (C=O) groups excluding carboxylic acids is 2. The molecule has 2 aromatic carbocycles. The summed E-state index contributed by atoms with van der Waals surface area (Å²) in [6.45, 7) is 0. The molecule has 2 aromatic rings. The van der Waals surface area contributed by atoms with E-state index in [1.54, 1.807) is 6.07 Å². The first-order valence-corrected chi connectivity index (χ1v) is 7.34. The molecule has 1 aliphatic heterocycles. The number of fused-ring (bicyclic) bond motifs is 1. The molecule has 0 saturated carbocycles. The van der Waals surface area contributed by atoms with Gasteiger partial charge in [0.2, 0.25) is 0 Å². The van der Waals surface area contributed by atoms with Crippen LogP contribution in [0.25, 0.3) is 11.1 Å². The van der Waals surface area contributed by atoms with Crippen molar-refractivity contribution in [3.63, 3.8) is 0 Å². The summed E-state index contributed by atoms with van der Waals surface area (Å²) >= 11 is 3.53. The molecule has 106 valence electrons. The zero-order valence-electron chi connectivity index (χ0n) is 10.4. The Bertz CT molecular complexity index is 791. The van der Waals surface area contributed by atoms with E-state index in [2.05, 4.69) is 0 Å². The van der Waals surface area contributed by atoms with Crippen LogP contribution in [0.5, 0.6) is 0 Å². The molecule has 1 heterocycles. The highest BCUT2D eigenvalue weighted by Gasteiger charge is 2.41. The van der Waals surface area contributed by atoms with Gasteiger partial charge < -0.3 is 0 Å². The van der Waals surface area contributed by atoms with E-state index < -0.39 is 23.1 Å². The highest BCUT2D eigenvalue weighted by molar-refractivity contribution is 7.78. The van der Waals surface area contributed by atoms with Gasteiger partial charge >= 0.3 is 0 Å². The number of hydrogen-bond acceptors (Lipinski definition) is 3. The average molecular weight is 322 g/mol. The Kier molecular flexibility index (Phi) is 3.36. The van der Waals surface area contributed by atoms with Gasteiger partial charge in [-0.3, -0.25) is 14.1 Å². The Hall–Kier alpha value is -2.02. The summed E-state index contributed by atoms with van der Waals surface area (Å²) in [6.07, 6.45) is 0. The predicted octanol–water partition coefficient (Wildman–Crippen LogP) is 2.74. The first-order valence-electron chi connectivity index (χ1n) is 5.90. The van der Waals surface area contributed by atoms with E-state index in [0.717, 1.165) is 5.56 Å². The standard InChI is InChI=1S/C14H8ClNO4S/c15-12-9(8-4-2-1-3-5-8)6-7-10-11(12)14(18)16(13(10)17)21(19)20/h1-7H,(H,19,20). The van der Waals surface area contributed by atoms with Gasteiger partial charge in [0, 0.05) is 5.56 Å². The van der Waals surface area contributed by atoms with Gasteiger partial charge in [-0.2, -0.15) is 4.31 Å². The van der Waals surface area contributed by atoms with Crippen molar-refractivity contribution in [2.75, 3.05) is 0 Å². The van der Waals surface area contributed by atoms with Crippen LogP contribution in [0.4, 0.5) is 0 Å². The summed E-state index contributed by atoms with van der Waals surface area (Å²) < 4.78 is 20.4. The van der Waals surface area contributed by atoms with Crippen molar-refractivity contribution < 1.29 is 18.4 Å². The van der Waals surface area contributed by atoms with Crippen LogP contribution in [-0.4, -0.2) is 24.9 Å². The van der Waals surface area contributed by atoms with Crippen molar-refractivity contribution >= 4 is 34.7 Å². The van der Waals surface area contributed by atoms with E-state index in [-0.39, 0.29) is 20.5 Å². The fraction of sp³-hybridized carbons (Fsp3) is 0. The lowest BCUT2D eigenvalue weighted by Crippen LogP contribution is -2.31. The maximum Gasteiger partial charge on any atom is 0.276 e. The predicted molar refractivity (Wildman–Crippen MR) is 78.2 cm³/mol. The van der Waals surface area contributed by atoms with Crippen LogP contribution in [0.1, 0.15) is 20.7 Å². The number of benzene rings is 2.